The van der Waals surface area contributed by atoms with Crippen LogP contribution in [0.1, 0.15) is 24.4 Å². The summed E-state index contributed by atoms with van der Waals surface area (Å²) in [5.74, 6) is -0.175. The van der Waals surface area contributed by atoms with Gasteiger partial charge in [0.2, 0.25) is 0 Å². The topological polar surface area (TPSA) is 12.0 Å². The van der Waals surface area contributed by atoms with Crippen LogP contribution in [0.15, 0.2) is 22.7 Å². The van der Waals surface area contributed by atoms with E-state index >= 15 is 0 Å². The lowest BCUT2D eigenvalue weighted by Crippen LogP contribution is -2.13. The Morgan fingerprint density at radius 3 is 3.00 bits per heavy atom. The van der Waals surface area contributed by atoms with Crippen LogP contribution < -0.4 is 5.32 Å². The van der Waals surface area contributed by atoms with Crippen LogP contribution in [0.2, 0.25) is 0 Å². The Labute approximate surface area is 85.5 Å². The third-order valence-electron chi connectivity index (χ3n) is 2.42. The first-order valence-corrected chi connectivity index (χ1v) is 5.25. The van der Waals surface area contributed by atoms with Crippen LogP contribution in [0, 0.1) is 5.82 Å². The predicted octanol–water partition coefficient (Wildman–Crippen LogP) is 3.01. The third kappa shape index (κ3) is 1.76. The summed E-state index contributed by atoms with van der Waals surface area (Å²) < 4.78 is 13.8. The molecule has 0 saturated carbocycles. The quantitative estimate of drug-likeness (QED) is 0.800. The van der Waals surface area contributed by atoms with Crippen molar-refractivity contribution in [3.8, 4) is 0 Å². The van der Waals surface area contributed by atoms with Crippen LogP contribution in [-0.4, -0.2) is 6.54 Å². The summed E-state index contributed by atoms with van der Waals surface area (Å²) in [5.41, 5.74) is 1.04. The maximum Gasteiger partial charge on any atom is 0.137 e. The van der Waals surface area contributed by atoms with Gasteiger partial charge in [0.05, 0.1) is 4.47 Å². The van der Waals surface area contributed by atoms with Crippen LogP contribution in [0.5, 0.6) is 0 Å². The fraction of sp³-hybridized carbons (Fsp3) is 0.400. The Morgan fingerprint density at radius 1 is 1.46 bits per heavy atom. The van der Waals surface area contributed by atoms with Crippen molar-refractivity contribution in [3.63, 3.8) is 0 Å². The van der Waals surface area contributed by atoms with E-state index in [9.17, 15) is 4.39 Å². The van der Waals surface area contributed by atoms with Crippen molar-refractivity contribution >= 4 is 15.9 Å². The molecule has 0 aromatic heterocycles. The molecule has 1 heterocycles. The Morgan fingerprint density at radius 2 is 2.31 bits per heavy atom. The Bertz CT molecular complexity index is 308. The molecule has 1 atom stereocenters. The molecule has 1 N–H and O–H groups in total. The van der Waals surface area contributed by atoms with Gasteiger partial charge in [0.25, 0.3) is 0 Å². The van der Waals surface area contributed by atoms with Crippen molar-refractivity contribution in [1.82, 2.24) is 5.32 Å². The van der Waals surface area contributed by atoms with E-state index in [0.717, 1.165) is 18.5 Å². The summed E-state index contributed by atoms with van der Waals surface area (Å²) in [6, 6.07) is 5.53. The van der Waals surface area contributed by atoms with Gasteiger partial charge in [-0.2, -0.15) is 0 Å². The zero-order valence-electron chi connectivity index (χ0n) is 7.19. The molecule has 0 spiro atoms. The fourth-order valence-electron chi connectivity index (χ4n) is 1.74. The zero-order chi connectivity index (χ0) is 9.26. The van der Waals surface area contributed by atoms with Crippen molar-refractivity contribution < 1.29 is 4.39 Å². The Kier molecular flexibility index (Phi) is 2.65. The first-order chi connectivity index (χ1) is 6.29. The smallest absolute Gasteiger partial charge is 0.137 e. The average molecular weight is 244 g/mol. The molecule has 70 valence electrons. The third-order valence-corrected chi connectivity index (χ3v) is 3.25. The van der Waals surface area contributed by atoms with Crippen molar-refractivity contribution in [2.45, 2.75) is 18.9 Å². The van der Waals surface area contributed by atoms with Crippen molar-refractivity contribution in [2.75, 3.05) is 6.54 Å². The van der Waals surface area contributed by atoms with Gasteiger partial charge in [-0.3, -0.25) is 0 Å². The summed E-state index contributed by atoms with van der Waals surface area (Å²) in [7, 11) is 0. The highest BCUT2D eigenvalue weighted by Gasteiger charge is 2.19. The molecule has 1 nitrogen and oxygen atoms in total. The molecule has 1 saturated heterocycles. The van der Waals surface area contributed by atoms with Gasteiger partial charge in [-0.05, 0) is 46.9 Å². The van der Waals surface area contributed by atoms with E-state index in [0.29, 0.717) is 10.5 Å². The molecule has 1 aliphatic heterocycles. The van der Waals surface area contributed by atoms with Crippen LogP contribution in [0.3, 0.4) is 0 Å². The molecule has 0 aliphatic carbocycles. The number of rotatable bonds is 1. The first-order valence-electron chi connectivity index (χ1n) is 4.46. The summed E-state index contributed by atoms with van der Waals surface area (Å²) >= 11 is 3.28. The number of hydrogen-bond acceptors (Lipinski definition) is 1. The number of benzene rings is 1. The van der Waals surface area contributed by atoms with Crippen LogP contribution in [0.4, 0.5) is 4.39 Å². The first kappa shape index (κ1) is 9.16. The molecule has 1 fully saturated rings. The molecular formula is C10H11BrFN. The van der Waals surface area contributed by atoms with Crippen molar-refractivity contribution in [3.05, 3.63) is 34.1 Å². The summed E-state index contributed by atoms with van der Waals surface area (Å²) in [6.07, 6.45) is 2.27. The van der Waals surface area contributed by atoms with Gasteiger partial charge in [0.15, 0.2) is 0 Å². The molecule has 1 aromatic carbocycles. The molecule has 3 heteroatoms. The fourth-order valence-corrected chi connectivity index (χ4v) is 2.28. The van der Waals surface area contributed by atoms with E-state index in [4.69, 9.17) is 0 Å². The van der Waals surface area contributed by atoms with Gasteiger partial charge in [0.1, 0.15) is 5.82 Å². The summed E-state index contributed by atoms with van der Waals surface area (Å²) in [5, 5.41) is 3.34. The molecule has 0 bridgehead atoms. The highest BCUT2D eigenvalue weighted by molar-refractivity contribution is 9.10. The number of halogens is 2. The zero-order valence-corrected chi connectivity index (χ0v) is 8.77. The molecule has 1 aromatic rings. The normalized spacial score (nSPS) is 22.2. The van der Waals surface area contributed by atoms with E-state index in [-0.39, 0.29) is 5.82 Å². The Balaban J connectivity index is 2.33. The van der Waals surface area contributed by atoms with Crippen LogP contribution in [0.25, 0.3) is 0 Å². The predicted molar refractivity (Wildman–Crippen MR) is 54.1 cm³/mol. The number of nitrogens with one attached hydrogen (secondary N) is 1. The molecule has 0 unspecified atom stereocenters. The van der Waals surface area contributed by atoms with Crippen LogP contribution >= 0.6 is 15.9 Å². The van der Waals surface area contributed by atoms with Crippen molar-refractivity contribution in [2.24, 2.45) is 0 Å². The maximum absolute atomic E-state index is 13.2. The summed E-state index contributed by atoms with van der Waals surface area (Å²) in [6.45, 7) is 1.04. The number of hydrogen-bond donors (Lipinski definition) is 1. The minimum absolute atomic E-state index is 0.175. The largest absolute Gasteiger partial charge is 0.310 e. The SMILES string of the molecule is Fc1cccc([C@@H]2CCCN2)c1Br. The Hall–Kier alpha value is -0.410. The lowest BCUT2D eigenvalue weighted by Gasteiger charge is -2.12. The van der Waals surface area contributed by atoms with Gasteiger partial charge < -0.3 is 5.32 Å². The lowest BCUT2D eigenvalue weighted by atomic mass is 10.1. The second kappa shape index (κ2) is 3.76. The average Bonchev–Trinajstić information content (AvgIpc) is 2.62. The minimum Gasteiger partial charge on any atom is -0.310 e. The maximum atomic E-state index is 13.2. The van der Waals surface area contributed by atoms with Crippen LogP contribution in [-0.2, 0) is 0 Å². The molecular weight excluding hydrogens is 233 g/mol. The van der Waals surface area contributed by atoms with Crippen molar-refractivity contribution in [1.29, 1.82) is 0 Å². The van der Waals surface area contributed by atoms with Gasteiger partial charge in [0, 0.05) is 6.04 Å². The highest BCUT2D eigenvalue weighted by atomic mass is 79.9. The van der Waals surface area contributed by atoms with E-state index in [1.165, 1.54) is 12.5 Å². The van der Waals surface area contributed by atoms with E-state index < -0.39 is 0 Å². The second-order valence-corrected chi connectivity index (χ2v) is 4.08. The van der Waals surface area contributed by atoms with E-state index in [2.05, 4.69) is 21.2 Å². The molecule has 2 rings (SSSR count). The molecule has 13 heavy (non-hydrogen) atoms. The second-order valence-electron chi connectivity index (χ2n) is 3.29. The van der Waals surface area contributed by atoms with Gasteiger partial charge in [-0.25, -0.2) is 4.39 Å². The monoisotopic (exact) mass is 243 g/mol. The van der Waals surface area contributed by atoms with Gasteiger partial charge in [-0.15, -0.1) is 0 Å². The van der Waals surface area contributed by atoms with Gasteiger partial charge in [-0.1, -0.05) is 12.1 Å². The molecule has 0 amide bonds. The van der Waals surface area contributed by atoms with Gasteiger partial charge >= 0.3 is 0 Å². The molecule has 0 radical (unpaired) electrons. The summed E-state index contributed by atoms with van der Waals surface area (Å²) in [4.78, 5) is 0. The van der Waals surface area contributed by atoms with E-state index in [1.807, 2.05) is 6.07 Å². The minimum atomic E-state index is -0.175. The highest BCUT2D eigenvalue weighted by Crippen LogP contribution is 2.30. The standard InChI is InChI=1S/C10H11BrFN/c11-10-7(3-1-4-8(10)12)9-5-2-6-13-9/h1,3-4,9,13H,2,5-6H2/t9-/m0/s1. The lowest BCUT2D eigenvalue weighted by molar-refractivity contribution is 0.598. The molecule has 1 aliphatic rings. The van der Waals surface area contributed by atoms with E-state index in [1.54, 1.807) is 6.07 Å².